The molecule has 4 aromatic rings. The summed E-state index contributed by atoms with van der Waals surface area (Å²) in [4.78, 5) is 15.2. The van der Waals surface area contributed by atoms with Crippen LogP contribution in [0.3, 0.4) is 0 Å². The Bertz CT molecular complexity index is 2200. The van der Waals surface area contributed by atoms with Crippen molar-refractivity contribution in [1.29, 1.82) is 0 Å². The summed E-state index contributed by atoms with van der Waals surface area (Å²) in [6.07, 6.45) is 12.6. The summed E-state index contributed by atoms with van der Waals surface area (Å²) in [5, 5.41) is 12.9. The summed E-state index contributed by atoms with van der Waals surface area (Å²) in [7, 11) is 2.18. The number of hydrogen-bond donors (Lipinski definition) is 1. The van der Waals surface area contributed by atoms with Gasteiger partial charge in [-0.15, -0.1) is 0 Å². The molecule has 0 bridgehead atoms. The van der Waals surface area contributed by atoms with Gasteiger partial charge in [-0.3, -0.25) is 0 Å². The molecule has 240 valence electrons. The lowest BCUT2D eigenvalue weighted by Crippen LogP contribution is -2.36. The van der Waals surface area contributed by atoms with Crippen LogP contribution in [0, 0.1) is 0 Å². The van der Waals surface area contributed by atoms with Gasteiger partial charge in [-0.2, -0.15) is 4.58 Å². The minimum Gasteiger partial charge on any atom is -0.480 e. The number of carbonyl (C=O) groups is 1. The number of rotatable bonds is 4. The van der Waals surface area contributed by atoms with Gasteiger partial charge in [0.1, 0.15) is 18.9 Å². The molecule has 0 spiro atoms. The van der Waals surface area contributed by atoms with E-state index in [-0.39, 0.29) is 11.5 Å². The van der Waals surface area contributed by atoms with E-state index in [9.17, 15) is 9.90 Å². The van der Waals surface area contributed by atoms with E-state index in [0.29, 0.717) is 5.56 Å². The van der Waals surface area contributed by atoms with E-state index in [0.717, 1.165) is 79.6 Å². The molecule has 5 nitrogen and oxygen atoms in total. The third-order valence-electron chi connectivity index (χ3n) is 11.5. The molecule has 0 aromatic heterocycles. The molecule has 1 N–H and O–H groups in total. The van der Waals surface area contributed by atoms with Crippen LogP contribution >= 0.6 is 0 Å². The summed E-state index contributed by atoms with van der Waals surface area (Å²) in [5.74, 6) is 0.0607. The number of hydrogen-bond acceptors (Lipinski definition) is 3. The first-order valence-corrected chi connectivity index (χ1v) is 17.5. The Balaban J connectivity index is 1.19. The smallest absolute Gasteiger partial charge is 0.336 e. The van der Waals surface area contributed by atoms with Crippen LogP contribution < -0.4 is 9.64 Å². The molecule has 0 amide bonds. The van der Waals surface area contributed by atoms with Crippen LogP contribution in [0.5, 0.6) is 5.75 Å². The lowest BCUT2D eigenvalue weighted by Gasteiger charge is -2.42. The average molecular weight is 634 g/mol. The van der Waals surface area contributed by atoms with Crippen molar-refractivity contribution in [1.82, 2.24) is 0 Å². The van der Waals surface area contributed by atoms with Gasteiger partial charge in [0, 0.05) is 47.6 Å². The van der Waals surface area contributed by atoms with E-state index in [1.54, 1.807) is 6.07 Å². The maximum Gasteiger partial charge on any atom is 0.336 e. The van der Waals surface area contributed by atoms with Crippen molar-refractivity contribution in [2.45, 2.75) is 63.9 Å². The lowest BCUT2D eigenvalue weighted by atomic mass is 9.76. The van der Waals surface area contributed by atoms with Crippen LogP contribution in [0.4, 0.5) is 11.4 Å². The standard InChI is InChI=1S/C43H40N2O3/c1-43(2)36(44(3)35-21-19-26-11-4-5-14-29(26)38(35)43)22-20-27-12-8-17-32-37(30-15-6-7-16-31(30)42(46)47)34-25-28-13-9-23-45-24-10-18-33(39(28)45)41(34)48-40(27)32/h4-7,11-12,14-16,19-22,25,40H,8-10,13,17-18,23-24H2,1-3H3/p+1/b22-20+. The van der Waals surface area contributed by atoms with Gasteiger partial charge in [0.25, 0.3) is 0 Å². The predicted octanol–water partition coefficient (Wildman–Crippen LogP) is 8.78. The number of allylic oxidation sites excluding steroid dienone is 2. The van der Waals surface area contributed by atoms with Gasteiger partial charge in [-0.1, -0.05) is 48.5 Å². The molecule has 0 radical (unpaired) electrons. The Morgan fingerprint density at radius 1 is 0.958 bits per heavy atom. The molecule has 4 aliphatic heterocycles. The Morgan fingerprint density at radius 2 is 1.75 bits per heavy atom. The summed E-state index contributed by atoms with van der Waals surface area (Å²) in [6.45, 7) is 6.84. The Labute approximate surface area is 282 Å². The van der Waals surface area contributed by atoms with E-state index in [1.165, 1.54) is 50.1 Å². The predicted molar refractivity (Wildman–Crippen MR) is 193 cm³/mol. The number of anilines is 1. The highest BCUT2D eigenvalue weighted by molar-refractivity contribution is 6.08. The molecule has 1 unspecified atom stereocenters. The minimum atomic E-state index is -0.893. The molecule has 1 aliphatic carbocycles. The molecule has 0 saturated heterocycles. The van der Waals surface area contributed by atoms with Gasteiger partial charge in [0.2, 0.25) is 5.69 Å². The van der Waals surface area contributed by atoms with Gasteiger partial charge in [0.05, 0.1) is 11.0 Å². The highest BCUT2D eigenvalue weighted by Crippen LogP contribution is 2.52. The van der Waals surface area contributed by atoms with Crippen molar-refractivity contribution in [2.24, 2.45) is 0 Å². The van der Waals surface area contributed by atoms with E-state index in [2.05, 4.69) is 91.1 Å². The summed E-state index contributed by atoms with van der Waals surface area (Å²) in [5.41, 5.74) is 13.3. The fourth-order valence-corrected chi connectivity index (χ4v) is 9.40. The molecular formula is C43H41N2O3+. The molecule has 0 saturated carbocycles. The SMILES string of the molecule is C[N+]1=C(/C=C/C2=CCCC3=C(c4ccccc4C(=O)O)c4cc5c6c(c4OC23)CCCN6CCC5)C(C)(C)c2c1ccc1ccccc21. The van der Waals surface area contributed by atoms with Crippen LogP contribution in [0.2, 0.25) is 0 Å². The van der Waals surface area contributed by atoms with E-state index in [4.69, 9.17) is 4.74 Å². The first-order valence-electron chi connectivity index (χ1n) is 17.5. The van der Waals surface area contributed by atoms with Gasteiger partial charge in [-0.05, 0) is 115 Å². The second-order valence-electron chi connectivity index (χ2n) is 14.5. The van der Waals surface area contributed by atoms with Gasteiger partial charge in [0.15, 0.2) is 5.71 Å². The summed E-state index contributed by atoms with van der Waals surface area (Å²) in [6, 6.07) is 23.0. The number of aromatic carboxylic acids is 1. The zero-order valence-electron chi connectivity index (χ0n) is 28.0. The highest BCUT2D eigenvalue weighted by Gasteiger charge is 2.45. The number of ether oxygens (including phenoxy) is 1. The topological polar surface area (TPSA) is 52.8 Å². The number of carboxylic acid groups (broad SMARTS) is 1. The van der Waals surface area contributed by atoms with E-state index in [1.807, 2.05) is 18.2 Å². The molecule has 4 heterocycles. The maximum absolute atomic E-state index is 12.6. The molecule has 5 aliphatic rings. The van der Waals surface area contributed by atoms with Gasteiger partial charge in [-0.25, -0.2) is 4.79 Å². The van der Waals surface area contributed by atoms with Crippen molar-refractivity contribution in [2.75, 3.05) is 25.0 Å². The molecule has 48 heavy (non-hydrogen) atoms. The van der Waals surface area contributed by atoms with Crippen LogP contribution in [0.1, 0.15) is 77.7 Å². The monoisotopic (exact) mass is 633 g/mol. The maximum atomic E-state index is 12.6. The number of carboxylic acids is 1. The van der Waals surface area contributed by atoms with Crippen molar-refractivity contribution in [3.8, 4) is 5.75 Å². The van der Waals surface area contributed by atoms with Crippen LogP contribution in [0.25, 0.3) is 16.3 Å². The van der Waals surface area contributed by atoms with Gasteiger partial charge >= 0.3 is 5.97 Å². The second-order valence-corrected chi connectivity index (χ2v) is 14.5. The number of aryl methyl sites for hydroxylation is 1. The van der Waals surface area contributed by atoms with Gasteiger partial charge < -0.3 is 14.7 Å². The largest absolute Gasteiger partial charge is 0.480 e. The summed E-state index contributed by atoms with van der Waals surface area (Å²) < 4.78 is 9.55. The summed E-state index contributed by atoms with van der Waals surface area (Å²) >= 11 is 0. The van der Waals surface area contributed by atoms with Crippen LogP contribution in [-0.2, 0) is 18.3 Å². The fraction of sp³-hybridized carbons (Fsp3) is 0.302. The fourth-order valence-electron chi connectivity index (χ4n) is 9.40. The molecule has 1 atom stereocenters. The van der Waals surface area contributed by atoms with Crippen molar-refractivity contribution in [3.63, 3.8) is 0 Å². The molecule has 9 rings (SSSR count). The normalized spacial score (nSPS) is 20.7. The number of nitrogens with zero attached hydrogens (tertiary/aromatic N) is 2. The third-order valence-corrected chi connectivity index (χ3v) is 11.5. The Hall–Kier alpha value is -4.90. The second kappa shape index (κ2) is 10.8. The van der Waals surface area contributed by atoms with Crippen molar-refractivity contribution < 1.29 is 19.2 Å². The first-order chi connectivity index (χ1) is 23.3. The highest BCUT2D eigenvalue weighted by atomic mass is 16.5. The number of benzene rings is 4. The zero-order chi connectivity index (χ0) is 32.7. The molecular weight excluding hydrogens is 592 g/mol. The molecule has 5 heteroatoms. The zero-order valence-corrected chi connectivity index (χ0v) is 28.0. The lowest BCUT2D eigenvalue weighted by molar-refractivity contribution is -0.401. The average Bonchev–Trinajstić information content (AvgIpc) is 3.30. The van der Waals surface area contributed by atoms with E-state index < -0.39 is 5.97 Å². The Morgan fingerprint density at radius 3 is 2.60 bits per heavy atom. The minimum absolute atomic E-state index is 0.187. The number of fused-ring (bicyclic) bond motifs is 6. The third kappa shape index (κ3) is 4.22. The van der Waals surface area contributed by atoms with Crippen molar-refractivity contribution >= 4 is 39.4 Å². The first kappa shape index (κ1) is 29.3. The van der Waals surface area contributed by atoms with Crippen molar-refractivity contribution in [3.05, 3.63) is 129 Å². The van der Waals surface area contributed by atoms with E-state index >= 15 is 0 Å². The molecule has 4 aromatic carbocycles. The van der Waals surface area contributed by atoms with Crippen LogP contribution in [0.15, 0.2) is 96.1 Å². The Kier molecular flexibility index (Phi) is 6.59. The van der Waals surface area contributed by atoms with Crippen LogP contribution in [-0.4, -0.2) is 47.6 Å². The quantitative estimate of drug-likeness (QED) is 0.228. The molecule has 0 fully saturated rings.